The minimum absolute atomic E-state index is 0.0403. The van der Waals surface area contributed by atoms with E-state index in [0.717, 1.165) is 0 Å². The van der Waals surface area contributed by atoms with Crippen molar-refractivity contribution in [2.24, 2.45) is 5.92 Å². The first-order valence-corrected chi connectivity index (χ1v) is 7.29. The summed E-state index contributed by atoms with van der Waals surface area (Å²) in [6, 6.07) is 0. The van der Waals surface area contributed by atoms with Crippen LogP contribution in [0.3, 0.4) is 0 Å². The highest BCUT2D eigenvalue weighted by Crippen LogP contribution is 2.01. The van der Waals surface area contributed by atoms with Gasteiger partial charge in [0.15, 0.2) is 0 Å². The minimum atomic E-state index is -3.56. The largest absolute Gasteiger partial charge is 0.481 e. The van der Waals surface area contributed by atoms with E-state index < -0.39 is 27.9 Å². The number of carbonyl (C=O) groups excluding carboxylic acids is 1. The predicted molar refractivity (Wildman–Crippen MR) is 64.5 cm³/mol. The maximum absolute atomic E-state index is 11.4. The van der Waals surface area contributed by atoms with Crippen molar-refractivity contribution in [1.82, 2.24) is 4.72 Å². The van der Waals surface area contributed by atoms with E-state index in [1.54, 1.807) is 6.92 Å². The zero-order valence-electron chi connectivity index (χ0n) is 10.5. The molecule has 0 saturated carbocycles. The third-order valence-corrected chi connectivity index (χ3v) is 3.59. The smallest absolute Gasteiger partial charge is 0.306 e. The van der Waals surface area contributed by atoms with E-state index >= 15 is 0 Å². The van der Waals surface area contributed by atoms with E-state index in [1.165, 1.54) is 6.92 Å². The summed E-state index contributed by atoms with van der Waals surface area (Å²) in [5, 5.41) is 8.61. The fourth-order valence-electron chi connectivity index (χ4n) is 1.08. The Morgan fingerprint density at radius 2 is 2.00 bits per heavy atom. The van der Waals surface area contributed by atoms with E-state index in [0.29, 0.717) is 0 Å². The number of hydrogen-bond acceptors (Lipinski definition) is 5. The Morgan fingerprint density at radius 3 is 2.50 bits per heavy atom. The molecule has 0 amide bonds. The highest BCUT2D eigenvalue weighted by molar-refractivity contribution is 7.89. The Hall–Kier alpha value is -1.15. The third kappa shape index (κ3) is 8.02. The molecule has 106 valence electrons. The molecule has 0 aliphatic carbocycles. The van der Waals surface area contributed by atoms with Gasteiger partial charge in [0, 0.05) is 6.54 Å². The molecule has 7 nitrogen and oxygen atoms in total. The van der Waals surface area contributed by atoms with Crippen molar-refractivity contribution in [2.45, 2.75) is 26.7 Å². The van der Waals surface area contributed by atoms with Crippen molar-refractivity contribution < 1.29 is 27.9 Å². The topological polar surface area (TPSA) is 110 Å². The van der Waals surface area contributed by atoms with Crippen LogP contribution in [0.5, 0.6) is 0 Å². The van der Waals surface area contributed by atoms with Crippen LogP contribution in [0.1, 0.15) is 26.7 Å². The third-order valence-electron chi connectivity index (χ3n) is 2.20. The number of carboxylic acids is 1. The molecule has 2 N–H and O–H groups in total. The van der Waals surface area contributed by atoms with Gasteiger partial charge in [-0.2, -0.15) is 0 Å². The Kier molecular flexibility index (Phi) is 7.53. The van der Waals surface area contributed by atoms with Crippen LogP contribution >= 0.6 is 0 Å². The average Bonchev–Trinajstić information content (AvgIpc) is 2.26. The Morgan fingerprint density at radius 1 is 1.39 bits per heavy atom. The average molecular weight is 281 g/mol. The van der Waals surface area contributed by atoms with Gasteiger partial charge in [-0.3, -0.25) is 9.59 Å². The number of aliphatic carboxylic acids is 1. The number of esters is 1. The van der Waals surface area contributed by atoms with Crippen LogP contribution in [0.2, 0.25) is 0 Å². The van der Waals surface area contributed by atoms with Crippen LogP contribution in [0.15, 0.2) is 0 Å². The summed E-state index contributed by atoms with van der Waals surface area (Å²) in [4.78, 5) is 21.5. The molecule has 0 saturated heterocycles. The molecular formula is C10H19NO6S. The van der Waals surface area contributed by atoms with Crippen LogP contribution in [-0.4, -0.2) is 44.4 Å². The second-order valence-corrected chi connectivity index (χ2v) is 5.72. The molecule has 0 bridgehead atoms. The van der Waals surface area contributed by atoms with Gasteiger partial charge in [0.2, 0.25) is 10.0 Å². The summed E-state index contributed by atoms with van der Waals surface area (Å²) < 4.78 is 29.7. The number of carbonyl (C=O) groups is 2. The second kappa shape index (κ2) is 8.04. The molecular weight excluding hydrogens is 262 g/mol. The lowest BCUT2D eigenvalue weighted by Gasteiger charge is -2.08. The molecule has 1 atom stereocenters. The molecule has 0 aromatic carbocycles. The number of ether oxygens (including phenoxy) is 1. The molecule has 0 aromatic rings. The van der Waals surface area contributed by atoms with E-state index in [2.05, 4.69) is 9.46 Å². The number of carboxylic acid groups (broad SMARTS) is 1. The summed E-state index contributed by atoms with van der Waals surface area (Å²) in [6.45, 7) is 3.38. The van der Waals surface area contributed by atoms with Crippen molar-refractivity contribution in [3.63, 3.8) is 0 Å². The normalized spacial score (nSPS) is 13.0. The SMILES string of the molecule is CCOC(=O)CCS(=O)(=O)NCCC(C)C(=O)O. The molecule has 0 aliphatic heterocycles. The van der Waals surface area contributed by atoms with Crippen LogP contribution in [0.4, 0.5) is 0 Å². The maximum atomic E-state index is 11.4. The molecule has 1 unspecified atom stereocenters. The Balaban J connectivity index is 3.94. The highest BCUT2D eigenvalue weighted by Gasteiger charge is 2.15. The van der Waals surface area contributed by atoms with Gasteiger partial charge in [0.1, 0.15) is 0 Å². The zero-order valence-corrected chi connectivity index (χ0v) is 11.3. The zero-order chi connectivity index (χ0) is 14.2. The molecule has 18 heavy (non-hydrogen) atoms. The maximum Gasteiger partial charge on any atom is 0.306 e. The summed E-state index contributed by atoms with van der Waals surface area (Å²) in [7, 11) is -3.56. The Labute approximate surface area is 107 Å². The first-order valence-electron chi connectivity index (χ1n) is 5.64. The molecule has 8 heteroatoms. The number of rotatable bonds is 9. The fraction of sp³-hybridized carbons (Fsp3) is 0.800. The van der Waals surface area contributed by atoms with Gasteiger partial charge < -0.3 is 9.84 Å². The van der Waals surface area contributed by atoms with Crippen molar-refractivity contribution in [1.29, 1.82) is 0 Å². The van der Waals surface area contributed by atoms with E-state index in [9.17, 15) is 18.0 Å². The highest BCUT2D eigenvalue weighted by atomic mass is 32.2. The van der Waals surface area contributed by atoms with Gasteiger partial charge in [-0.05, 0) is 13.3 Å². The second-order valence-electron chi connectivity index (χ2n) is 3.80. The Bertz CT molecular complexity index is 378. The quantitative estimate of drug-likeness (QED) is 0.574. The van der Waals surface area contributed by atoms with Crippen molar-refractivity contribution >= 4 is 22.0 Å². The van der Waals surface area contributed by atoms with Crippen LogP contribution in [-0.2, 0) is 24.3 Å². The lowest BCUT2D eigenvalue weighted by molar-refractivity contribution is -0.143. The van der Waals surface area contributed by atoms with Gasteiger partial charge in [-0.25, -0.2) is 13.1 Å². The molecule has 0 aliphatic rings. The first-order chi connectivity index (χ1) is 8.28. The van der Waals surface area contributed by atoms with Gasteiger partial charge >= 0.3 is 11.9 Å². The number of hydrogen-bond donors (Lipinski definition) is 2. The summed E-state index contributed by atoms with van der Waals surface area (Å²) in [6.07, 6.45) is -0.00831. The van der Waals surface area contributed by atoms with Gasteiger partial charge in [-0.1, -0.05) is 6.92 Å². The molecule has 0 rings (SSSR count). The molecule has 0 heterocycles. The standard InChI is InChI=1S/C10H19NO6S/c1-3-17-9(12)5-7-18(15,16)11-6-4-8(2)10(13)14/h8,11H,3-7H2,1-2H3,(H,13,14). The van der Waals surface area contributed by atoms with Crippen LogP contribution in [0, 0.1) is 5.92 Å². The molecule has 0 fully saturated rings. The van der Waals surface area contributed by atoms with Gasteiger partial charge in [-0.15, -0.1) is 0 Å². The van der Waals surface area contributed by atoms with Crippen molar-refractivity contribution in [3.8, 4) is 0 Å². The van der Waals surface area contributed by atoms with Crippen molar-refractivity contribution in [2.75, 3.05) is 18.9 Å². The monoisotopic (exact) mass is 281 g/mol. The summed E-state index contributed by atoms with van der Waals surface area (Å²) in [5.74, 6) is -2.51. The van der Waals surface area contributed by atoms with E-state index in [1.807, 2.05) is 0 Å². The van der Waals surface area contributed by atoms with Crippen molar-refractivity contribution in [3.05, 3.63) is 0 Å². The van der Waals surface area contributed by atoms with Crippen LogP contribution < -0.4 is 4.72 Å². The van der Waals surface area contributed by atoms with E-state index in [4.69, 9.17) is 5.11 Å². The number of nitrogens with one attached hydrogen (secondary N) is 1. The van der Waals surface area contributed by atoms with Gasteiger partial charge in [0.25, 0.3) is 0 Å². The molecule has 0 aromatic heterocycles. The lowest BCUT2D eigenvalue weighted by atomic mass is 10.1. The molecule has 0 radical (unpaired) electrons. The summed E-state index contributed by atoms with van der Waals surface area (Å²) >= 11 is 0. The van der Waals surface area contributed by atoms with Gasteiger partial charge in [0.05, 0.1) is 24.7 Å². The fourth-order valence-corrected chi connectivity index (χ4v) is 2.09. The first kappa shape index (κ1) is 16.9. The number of sulfonamides is 1. The van der Waals surface area contributed by atoms with Crippen LogP contribution in [0.25, 0.3) is 0 Å². The lowest BCUT2D eigenvalue weighted by Crippen LogP contribution is -2.30. The predicted octanol–water partition coefficient (Wildman–Crippen LogP) is -0.0302. The molecule has 0 spiro atoms. The minimum Gasteiger partial charge on any atom is -0.481 e. The van der Waals surface area contributed by atoms with E-state index in [-0.39, 0.29) is 31.7 Å². The summed E-state index contributed by atoms with van der Waals surface area (Å²) in [5.41, 5.74) is 0.